The number of hydrogen-bond acceptors (Lipinski definition) is 3. The van der Waals surface area contributed by atoms with Gasteiger partial charge in [-0.15, -0.1) is 0 Å². The van der Waals surface area contributed by atoms with E-state index in [-0.39, 0.29) is 10.0 Å². The summed E-state index contributed by atoms with van der Waals surface area (Å²) in [7, 11) is 0. The minimum Gasteiger partial charge on any atom is -0.505 e. The van der Waals surface area contributed by atoms with Gasteiger partial charge in [0.2, 0.25) is 0 Å². The maximum Gasteiger partial charge on any atom is 0.343 e. The van der Waals surface area contributed by atoms with Crippen LogP contribution in [0.1, 0.15) is 10.4 Å². The average Bonchev–Trinajstić information content (AvgIpc) is 2.01. The maximum atomic E-state index is 10.5. The first-order valence-corrected chi connectivity index (χ1v) is 3.84. The van der Waals surface area contributed by atoms with Gasteiger partial charge in [0.1, 0.15) is 5.56 Å². The summed E-state index contributed by atoms with van der Waals surface area (Å²) in [5.74, 6) is -2.90. The van der Waals surface area contributed by atoms with Crippen LogP contribution in [-0.2, 0) is 0 Å². The monoisotopic (exact) mass is 222 g/mol. The quantitative estimate of drug-likeness (QED) is 0.681. The molecular weight excluding hydrogens is 219 g/mol. The zero-order valence-electron chi connectivity index (χ0n) is 6.08. The highest BCUT2D eigenvalue weighted by molar-refractivity contribution is 6.37. The van der Waals surface area contributed by atoms with Gasteiger partial charge in [-0.05, 0) is 6.07 Å². The number of aromatic carboxylic acids is 1. The van der Waals surface area contributed by atoms with Crippen molar-refractivity contribution in [3.63, 3.8) is 0 Å². The van der Waals surface area contributed by atoms with Crippen molar-refractivity contribution in [2.45, 2.75) is 0 Å². The molecule has 1 aromatic carbocycles. The van der Waals surface area contributed by atoms with Crippen molar-refractivity contribution in [1.82, 2.24) is 0 Å². The molecule has 0 radical (unpaired) electrons. The van der Waals surface area contributed by atoms with Crippen molar-refractivity contribution in [2.24, 2.45) is 0 Å². The van der Waals surface area contributed by atoms with Gasteiger partial charge in [-0.3, -0.25) is 0 Å². The van der Waals surface area contributed by atoms with E-state index in [4.69, 9.17) is 38.5 Å². The number of phenols is 2. The predicted octanol–water partition coefficient (Wildman–Crippen LogP) is 2.10. The van der Waals surface area contributed by atoms with Crippen LogP contribution in [0.3, 0.4) is 0 Å². The van der Waals surface area contributed by atoms with E-state index in [1.165, 1.54) is 0 Å². The molecule has 13 heavy (non-hydrogen) atoms. The molecule has 1 rings (SSSR count). The van der Waals surface area contributed by atoms with E-state index in [1.807, 2.05) is 0 Å². The number of halogens is 2. The second kappa shape index (κ2) is 3.32. The number of benzene rings is 1. The third kappa shape index (κ3) is 1.64. The molecule has 0 heterocycles. The molecule has 0 spiro atoms. The van der Waals surface area contributed by atoms with Crippen LogP contribution in [0.5, 0.6) is 11.5 Å². The highest BCUT2D eigenvalue weighted by atomic mass is 35.5. The van der Waals surface area contributed by atoms with Crippen molar-refractivity contribution in [3.05, 3.63) is 21.7 Å². The Balaban J connectivity index is 3.56. The molecule has 70 valence electrons. The van der Waals surface area contributed by atoms with E-state index in [0.29, 0.717) is 0 Å². The lowest BCUT2D eigenvalue weighted by Gasteiger charge is -2.05. The molecule has 6 heteroatoms. The minimum absolute atomic E-state index is 0.222. The molecule has 0 atom stereocenters. The number of rotatable bonds is 1. The molecule has 0 saturated carbocycles. The summed E-state index contributed by atoms with van der Waals surface area (Å²) in [6.45, 7) is 0. The van der Waals surface area contributed by atoms with Crippen molar-refractivity contribution in [1.29, 1.82) is 0 Å². The van der Waals surface area contributed by atoms with Crippen LogP contribution >= 0.6 is 23.2 Å². The van der Waals surface area contributed by atoms with E-state index < -0.39 is 23.0 Å². The molecule has 0 aliphatic carbocycles. The summed E-state index contributed by atoms with van der Waals surface area (Å²) >= 11 is 10.9. The van der Waals surface area contributed by atoms with E-state index >= 15 is 0 Å². The summed E-state index contributed by atoms with van der Waals surface area (Å²) in [5, 5.41) is 26.4. The van der Waals surface area contributed by atoms with Crippen LogP contribution < -0.4 is 0 Å². The SMILES string of the molecule is O=C(O)c1c(O)c(Cl)cc(Cl)c1O. The number of carboxylic acid groups (broad SMARTS) is 1. The van der Waals surface area contributed by atoms with Crippen molar-refractivity contribution in [3.8, 4) is 11.5 Å². The largest absolute Gasteiger partial charge is 0.505 e. The second-order valence-electron chi connectivity index (χ2n) is 2.22. The third-order valence-corrected chi connectivity index (χ3v) is 1.97. The Morgan fingerprint density at radius 1 is 1.15 bits per heavy atom. The first kappa shape index (κ1) is 9.95. The number of carbonyl (C=O) groups is 1. The van der Waals surface area contributed by atoms with E-state index in [9.17, 15) is 4.79 Å². The highest BCUT2D eigenvalue weighted by Crippen LogP contribution is 2.39. The number of aromatic hydroxyl groups is 2. The van der Waals surface area contributed by atoms with Crippen LogP contribution in [0.2, 0.25) is 10.0 Å². The molecule has 0 aromatic heterocycles. The van der Waals surface area contributed by atoms with Gasteiger partial charge in [0.25, 0.3) is 0 Å². The fraction of sp³-hybridized carbons (Fsp3) is 0. The first-order valence-electron chi connectivity index (χ1n) is 3.08. The molecule has 4 nitrogen and oxygen atoms in total. The summed E-state index contributed by atoms with van der Waals surface area (Å²) in [6, 6.07) is 1.06. The molecule has 3 N–H and O–H groups in total. The lowest BCUT2D eigenvalue weighted by Crippen LogP contribution is -1.98. The molecule has 0 unspecified atom stereocenters. The topological polar surface area (TPSA) is 77.8 Å². The van der Waals surface area contributed by atoms with E-state index in [1.54, 1.807) is 0 Å². The Bertz CT molecular complexity index is 349. The molecular formula is C7H4Cl2O4. The fourth-order valence-corrected chi connectivity index (χ4v) is 1.26. The van der Waals surface area contributed by atoms with Gasteiger partial charge in [-0.25, -0.2) is 4.79 Å². The molecule has 0 aliphatic heterocycles. The van der Waals surface area contributed by atoms with Crippen LogP contribution in [0, 0.1) is 0 Å². The van der Waals surface area contributed by atoms with Crippen molar-refractivity contribution in [2.75, 3.05) is 0 Å². The predicted molar refractivity (Wildman–Crippen MR) is 46.8 cm³/mol. The molecule has 0 fully saturated rings. The lowest BCUT2D eigenvalue weighted by atomic mass is 10.2. The smallest absolute Gasteiger partial charge is 0.343 e. The van der Waals surface area contributed by atoms with E-state index in [0.717, 1.165) is 6.07 Å². The van der Waals surface area contributed by atoms with Gasteiger partial charge in [0, 0.05) is 0 Å². The van der Waals surface area contributed by atoms with Gasteiger partial charge < -0.3 is 15.3 Å². The Morgan fingerprint density at radius 2 is 1.54 bits per heavy atom. The van der Waals surface area contributed by atoms with E-state index in [2.05, 4.69) is 0 Å². The second-order valence-corrected chi connectivity index (χ2v) is 3.03. The summed E-state index contributed by atoms with van der Waals surface area (Å²) < 4.78 is 0. The number of hydrogen-bond donors (Lipinski definition) is 3. The Morgan fingerprint density at radius 3 is 1.85 bits per heavy atom. The Hall–Kier alpha value is -1.13. The molecule has 0 saturated heterocycles. The van der Waals surface area contributed by atoms with Gasteiger partial charge in [0.15, 0.2) is 11.5 Å². The minimum atomic E-state index is -1.50. The lowest BCUT2D eigenvalue weighted by molar-refractivity contribution is 0.0690. The molecule has 0 amide bonds. The summed E-state index contributed by atoms with van der Waals surface area (Å²) in [4.78, 5) is 10.5. The molecule has 0 bridgehead atoms. The molecule has 0 aliphatic rings. The van der Waals surface area contributed by atoms with Crippen LogP contribution in [0.4, 0.5) is 0 Å². The third-order valence-electron chi connectivity index (χ3n) is 1.39. The summed E-state index contributed by atoms with van der Waals surface area (Å²) in [5.41, 5.74) is -0.697. The van der Waals surface area contributed by atoms with Gasteiger partial charge in [-0.2, -0.15) is 0 Å². The van der Waals surface area contributed by atoms with Crippen molar-refractivity contribution < 1.29 is 20.1 Å². The zero-order valence-corrected chi connectivity index (χ0v) is 7.60. The normalized spacial score (nSPS) is 10.0. The number of carboxylic acids is 1. The van der Waals surface area contributed by atoms with Gasteiger partial charge >= 0.3 is 5.97 Å². The van der Waals surface area contributed by atoms with Crippen LogP contribution in [0.15, 0.2) is 6.07 Å². The maximum absolute atomic E-state index is 10.5. The van der Waals surface area contributed by atoms with Gasteiger partial charge in [-0.1, -0.05) is 23.2 Å². The molecule has 1 aromatic rings. The standard InChI is InChI=1S/C7H4Cl2O4/c8-2-1-3(9)6(11)4(5(2)10)7(12)13/h1,10-11H,(H,12,13). The zero-order chi connectivity index (χ0) is 10.2. The first-order chi connectivity index (χ1) is 5.95. The van der Waals surface area contributed by atoms with Crippen LogP contribution in [0.25, 0.3) is 0 Å². The Labute approximate surface area is 82.9 Å². The average molecular weight is 223 g/mol. The van der Waals surface area contributed by atoms with Crippen molar-refractivity contribution >= 4 is 29.2 Å². The Kier molecular flexibility index (Phi) is 2.54. The van der Waals surface area contributed by atoms with Crippen LogP contribution in [-0.4, -0.2) is 21.3 Å². The fourth-order valence-electron chi connectivity index (χ4n) is 0.802. The highest BCUT2D eigenvalue weighted by Gasteiger charge is 2.20. The summed E-state index contributed by atoms with van der Waals surface area (Å²) in [6.07, 6.45) is 0. The van der Waals surface area contributed by atoms with Gasteiger partial charge in [0.05, 0.1) is 10.0 Å².